The number of carbonyl (C=O) groups is 6. The highest BCUT2D eigenvalue weighted by molar-refractivity contribution is 6.21. The van der Waals surface area contributed by atoms with Crippen molar-refractivity contribution >= 4 is 122 Å². The van der Waals surface area contributed by atoms with Crippen LogP contribution < -0.4 is 21.3 Å². The Balaban J connectivity index is 0.621. The molecule has 0 radical (unpaired) electrons. The molecule has 14 aromatic rings. The summed E-state index contributed by atoms with van der Waals surface area (Å²) in [5.41, 5.74) is 13.8. The molecule has 3 aliphatic rings. The van der Waals surface area contributed by atoms with Crippen LogP contribution in [0.1, 0.15) is 138 Å². The molecule has 2 saturated heterocycles. The van der Waals surface area contributed by atoms with E-state index in [1.807, 2.05) is 200 Å². The topological polar surface area (TPSA) is 187 Å². The van der Waals surface area contributed by atoms with Crippen molar-refractivity contribution in [2.24, 2.45) is 0 Å². The zero-order valence-corrected chi connectivity index (χ0v) is 62.1. The highest BCUT2D eigenvalue weighted by atomic mass is 16.7. The number of hydrogen-bond acceptors (Lipinski definition) is 10. The number of rotatable bonds is 20. The number of Topliss-reactive ketones (excluding diaryl/α,β-unsaturated/α-hetero) is 2. The second-order valence-corrected chi connectivity index (χ2v) is 29.3. The van der Waals surface area contributed by atoms with Gasteiger partial charge in [-0.2, -0.15) is 0 Å². The fraction of sp³-hybridized carbons (Fsp3) is 0.163. The van der Waals surface area contributed by atoms with Gasteiger partial charge in [0.05, 0.1) is 19.3 Å². The number of ketones is 2. The second-order valence-electron chi connectivity index (χ2n) is 29.3. The molecule has 2 fully saturated rings. The molecule has 3 atom stereocenters. The Labute approximate surface area is 648 Å². The summed E-state index contributed by atoms with van der Waals surface area (Å²) >= 11 is 0. The van der Waals surface area contributed by atoms with Crippen LogP contribution in [0.3, 0.4) is 0 Å². The number of allylic oxidation sites excluding steroid dienone is 2. The van der Waals surface area contributed by atoms with Gasteiger partial charge in [0, 0.05) is 63.7 Å². The van der Waals surface area contributed by atoms with Gasteiger partial charge in [-0.15, -0.1) is 0 Å². The maximum absolute atomic E-state index is 14.8. The quantitative estimate of drug-likeness (QED) is 0.0422. The summed E-state index contributed by atoms with van der Waals surface area (Å²) in [7, 11) is 0. The molecule has 1 aliphatic carbocycles. The lowest BCUT2D eigenvalue weighted by Gasteiger charge is -2.23. The smallest absolute Gasteiger partial charge is 0.256 e. The Bertz CT molecular complexity index is 6220. The summed E-state index contributed by atoms with van der Waals surface area (Å²) in [6.07, 6.45) is 11.9. The van der Waals surface area contributed by atoms with Crippen molar-refractivity contribution in [3.8, 4) is 33.4 Å². The van der Waals surface area contributed by atoms with Crippen molar-refractivity contribution < 1.29 is 47.7 Å². The zero-order chi connectivity index (χ0) is 76.3. The number of carbonyl (C=O) groups excluding carboxylic acids is 6. The molecule has 14 aromatic carbocycles. The third-order valence-corrected chi connectivity index (χ3v) is 21.6. The van der Waals surface area contributed by atoms with Crippen LogP contribution in [-0.4, -0.2) is 67.0 Å². The Morgan fingerprint density at radius 2 is 0.688 bits per heavy atom. The lowest BCUT2D eigenvalue weighted by molar-refractivity contribution is -0.169. The molecule has 2 heterocycles. The molecule has 14 nitrogen and oxygen atoms in total. The van der Waals surface area contributed by atoms with Gasteiger partial charge in [-0.1, -0.05) is 140 Å². The summed E-state index contributed by atoms with van der Waals surface area (Å²) in [5, 5.41) is 22.7. The number of benzene rings is 14. The first-order valence-corrected chi connectivity index (χ1v) is 38.3. The van der Waals surface area contributed by atoms with Crippen molar-refractivity contribution in [1.82, 2.24) is 5.32 Å². The first-order valence-electron chi connectivity index (χ1n) is 38.3. The Hall–Kier alpha value is -12.8. The summed E-state index contributed by atoms with van der Waals surface area (Å²) in [6, 6.07) is 81.5. The molecule has 17 rings (SSSR count). The highest BCUT2D eigenvalue weighted by Crippen LogP contribution is 2.38. The van der Waals surface area contributed by atoms with Gasteiger partial charge in [0.15, 0.2) is 24.1 Å². The van der Waals surface area contributed by atoms with E-state index in [-0.39, 0.29) is 53.8 Å². The van der Waals surface area contributed by atoms with Crippen LogP contribution in [0.2, 0.25) is 0 Å². The van der Waals surface area contributed by atoms with Crippen LogP contribution in [0.15, 0.2) is 273 Å². The molecule has 2 aliphatic heterocycles. The van der Waals surface area contributed by atoms with Crippen molar-refractivity contribution in [3.63, 3.8) is 0 Å². The first kappa shape index (κ1) is 72.1. The minimum absolute atomic E-state index is 0.0371. The van der Waals surface area contributed by atoms with Crippen molar-refractivity contribution in [2.75, 3.05) is 29.2 Å². The van der Waals surface area contributed by atoms with Gasteiger partial charge in [-0.3, -0.25) is 28.8 Å². The SMILES string of the molecule is CC(=O)c1cccc2cc3cccc(C(=O)Nc4cccc(-c5cc(COC6CCCCO6)cc(-c6cccc(NC(=O)c7cccc8cc9cccc(C(=O)Nc%10cccc(-c%11cc(COC%12CCCCO%12)cc(C%12=C[C@H](NC(=O)c%13cccc%14cc%15cccc(C(C)=O)c%15cc%13%14)CC=C%12)c%11)c%10)c9cc78)c6)c5)c4)c3cc12. The van der Waals surface area contributed by atoms with Gasteiger partial charge in [0.2, 0.25) is 0 Å². The minimum atomic E-state index is -0.325. The Morgan fingerprint density at radius 3 is 1.05 bits per heavy atom. The van der Waals surface area contributed by atoms with E-state index >= 15 is 0 Å². The van der Waals surface area contributed by atoms with Crippen LogP contribution in [0.25, 0.3) is 104 Å². The normalized spacial score (nSPS) is 15.7. The minimum Gasteiger partial charge on any atom is -0.353 e. The van der Waals surface area contributed by atoms with Gasteiger partial charge in [0.25, 0.3) is 23.6 Å². The van der Waals surface area contributed by atoms with Crippen molar-refractivity contribution in [2.45, 2.75) is 90.6 Å². The number of anilines is 3. The molecule has 0 saturated carbocycles. The summed E-state index contributed by atoms with van der Waals surface area (Å²) in [5.74, 6) is -1.22. The predicted octanol–water partition coefficient (Wildman–Crippen LogP) is 22.0. The van der Waals surface area contributed by atoms with Crippen LogP contribution in [0, 0.1) is 0 Å². The molecule has 552 valence electrons. The molecule has 14 heteroatoms. The number of fused-ring (bicyclic) bond motifs is 6. The van der Waals surface area contributed by atoms with Gasteiger partial charge in [0.1, 0.15) is 0 Å². The monoisotopic (exact) mass is 1470 g/mol. The molecule has 0 bridgehead atoms. The standard InChI is InChI=1S/C98H80N4O10/c1-59(103)81-31-11-21-67-45-69-23-13-33-83(89(69)54-87(67)81)95(105)99-77-27-7-17-63(50-77)73-41-61(57-111-93-37-3-5-39-109-93)43-75(48-73)65-19-9-29-79(52-65)101-97(107)85-35-15-25-71-47-72-26-16-36-86(92(72)56-91(71)85)98(108)102-80-30-10-20-66(53-80)76-44-62(58-112-94-38-4-6-40-110-94)42-74(49-76)64-18-8-28-78(51-64)100-96(106)84-34-14-24-70-46-68-22-12-32-82(60(2)104)88(68)55-90(70)84/h7-27,29-36,41-56,78,93-94H,3-6,28,37-40,57-58H2,1-2H3,(H,99,105)(H,100,106)(H,101,107)(H,102,108)/t78-,93?,94?/m1/s1. The lowest BCUT2D eigenvalue weighted by atomic mass is 9.92. The van der Waals surface area contributed by atoms with Crippen LogP contribution in [0.4, 0.5) is 17.1 Å². The largest absolute Gasteiger partial charge is 0.353 e. The first-order chi connectivity index (χ1) is 54.7. The van der Waals surface area contributed by atoms with Crippen LogP contribution in [0.5, 0.6) is 0 Å². The van der Waals surface area contributed by atoms with E-state index in [1.165, 1.54) is 0 Å². The molecule has 0 spiro atoms. The van der Waals surface area contributed by atoms with Crippen LogP contribution >= 0.6 is 0 Å². The molecular formula is C98H80N4O10. The highest BCUT2D eigenvalue weighted by Gasteiger charge is 2.24. The number of nitrogens with one attached hydrogen (secondary N) is 4. The van der Waals surface area contributed by atoms with Crippen molar-refractivity contribution in [1.29, 1.82) is 0 Å². The third-order valence-electron chi connectivity index (χ3n) is 21.6. The molecule has 4 amide bonds. The average molecular weight is 1470 g/mol. The van der Waals surface area contributed by atoms with E-state index in [4.69, 9.17) is 18.9 Å². The van der Waals surface area contributed by atoms with E-state index < -0.39 is 0 Å². The summed E-state index contributed by atoms with van der Waals surface area (Å²) in [6.45, 7) is 5.01. The Morgan fingerprint density at radius 1 is 0.348 bits per heavy atom. The maximum atomic E-state index is 14.8. The van der Waals surface area contributed by atoms with E-state index in [2.05, 4.69) is 75.9 Å². The molecule has 4 N–H and O–H groups in total. The molecule has 112 heavy (non-hydrogen) atoms. The zero-order valence-electron chi connectivity index (χ0n) is 62.1. The number of hydrogen-bond donors (Lipinski definition) is 4. The predicted molar refractivity (Wildman–Crippen MR) is 447 cm³/mol. The Kier molecular flexibility index (Phi) is 20.4. The maximum Gasteiger partial charge on any atom is 0.256 e. The van der Waals surface area contributed by atoms with E-state index in [1.54, 1.807) is 32.0 Å². The second kappa shape index (κ2) is 31.6. The molecule has 0 aromatic heterocycles. The van der Waals surface area contributed by atoms with E-state index in [9.17, 15) is 28.8 Å². The van der Waals surface area contributed by atoms with Gasteiger partial charge >= 0.3 is 0 Å². The van der Waals surface area contributed by atoms with Crippen LogP contribution in [-0.2, 0) is 32.2 Å². The fourth-order valence-corrected chi connectivity index (χ4v) is 16.0. The summed E-state index contributed by atoms with van der Waals surface area (Å²) in [4.78, 5) is 83.7. The molecular weight excluding hydrogens is 1390 g/mol. The number of ether oxygens (including phenoxy) is 4. The van der Waals surface area contributed by atoms with Gasteiger partial charge in [-0.05, 0) is 313 Å². The third kappa shape index (κ3) is 15.5. The van der Waals surface area contributed by atoms with E-state index in [0.717, 1.165) is 148 Å². The lowest BCUT2D eigenvalue weighted by Crippen LogP contribution is -2.34. The average Bonchev–Trinajstić information content (AvgIpc) is 0.793. The molecule has 2 unspecified atom stereocenters. The fourth-order valence-electron chi connectivity index (χ4n) is 16.0. The van der Waals surface area contributed by atoms with E-state index in [0.29, 0.717) is 94.1 Å². The van der Waals surface area contributed by atoms with Crippen molar-refractivity contribution in [3.05, 3.63) is 323 Å². The van der Waals surface area contributed by atoms with Gasteiger partial charge in [-0.25, -0.2) is 0 Å². The van der Waals surface area contributed by atoms with Gasteiger partial charge < -0.3 is 40.2 Å². The number of amides is 4. The summed E-state index contributed by atoms with van der Waals surface area (Å²) < 4.78 is 24.8.